The first-order valence-electron chi connectivity index (χ1n) is 4.82. The molecule has 2 radical (unpaired) electrons. The zero-order chi connectivity index (χ0) is 10.3. The van der Waals surface area contributed by atoms with Gasteiger partial charge in [-0.05, 0) is 6.42 Å². The van der Waals surface area contributed by atoms with E-state index < -0.39 is 0 Å². The topological polar surface area (TPSA) is 29.5 Å². The Bertz CT molecular complexity index is 153. The zero-order valence-corrected chi connectivity index (χ0v) is 8.75. The number of methoxy groups -OCH3 is 1. The Balaban J connectivity index is 0.000000671. The average molecular weight is 183 g/mol. The fraction of sp³-hybridized carbons (Fsp3) is 0.889. The van der Waals surface area contributed by atoms with Gasteiger partial charge in [-0.25, -0.2) is 4.79 Å². The molecule has 0 aromatic heterocycles. The number of nitrogens with zero attached hydrogens (tertiary/aromatic N) is 1. The summed E-state index contributed by atoms with van der Waals surface area (Å²) in [7, 11) is 7.06. The Morgan fingerprint density at radius 1 is 1.54 bits per heavy atom. The molecule has 74 valence electrons. The Hall–Kier alpha value is -0.665. The molecular weight excluding hydrogens is 165 g/mol. The summed E-state index contributed by atoms with van der Waals surface area (Å²) in [5, 5.41) is 0. The van der Waals surface area contributed by atoms with Crippen LogP contribution >= 0.6 is 0 Å². The van der Waals surface area contributed by atoms with Gasteiger partial charge in [0.15, 0.2) is 0 Å². The molecule has 0 aliphatic carbocycles. The van der Waals surface area contributed by atoms with Crippen LogP contribution in [0.1, 0.15) is 26.7 Å². The van der Waals surface area contributed by atoms with Crippen LogP contribution in [-0.4, -0.2) is 39.0 Å². The van der Waals surface area contributed by atoms with E-state index in [2.05, 4.69) is 4.74 Å². The average Bonchev–Trinajstić information content (AvgIpc) is 2.20. The number of amides is 1. The van der Waals surface area contributed by atoms with Gasteiger partial charge >= 0.3 is 6.09 Å². The van der Waals surface area contributed by atoms with E-state index in [0.29, 0.717) is 6.54 Å². The van der Waals surface area contributed by atoms with Crippen molar-refractivity contribution in [3.8, 4) is 0 Å². The Morgan fingerprint density at radius 2 is 2.15 bits per heavy atom. The van der Waals surface area contributed by atoms with Crippen molar-refractivity contribution < 1.29 is 9.53 Å². The molecule has 13 heavy (non-hydrogen) atoms. The lowest BCUT2D eigenvalue weighted by Gasteiger charge is -2.29. The number of rotatable bonds is 0. The van der Waals surface area contributed by atoms with E-state index in [1.165, 1.54) is 7.11 Å². The van der Waals surface area contributed by atoms with Gasteiger partial charge in [0.05, 0.1) is 15.0 Å². The van der Waals surface area contributed by atoms with E-state index in [0.717, 1.165) is 19.4 Å². The fourth-order valence-corrected chi connectivity index (χ4v) is 1.30. The van der Waals surface area contributed by atoms with E-state index >= 15 is 0 Å². The molecule has 0 N–H and O–H groups in total. The van der Waals surface area contributed by atoms with E-state index in [-0.39, 0.29) is 11.9 Å². The van der Waals surface area contributed by atoms with Crippen LogP contribution < -0.4 is 0 Å². The Morgan fingerprint density at radius 3 is 2.62 bits per heavy atom. The number of carbonyl (C=O) groups excluding carboxylic acids is 1. The van der Waals surface area contributed by atoms with Crippen molar-refractivity contribution in [3.05, 3.63) is 0 Å². The largest absolute Gasteiger partial charge is 0.453 e. The Labute approximate surface area is 81.8 Å². The van der Waals surface area contributed by atoms with E-state index in [1.807, 2.05) is 13.8 Å². The Kier molecular flexibility index (Phi) is 6.46. The number of hydrogen-bond acceptors (Lipinski definition) is 2. The summed E-state index contributed by atoms with van der Waals surface area (Å²) in [6.07, 6.45) is 1.73. The van der Waals surface area contributed by atoms with Gasteiger partial charge in [0.25, 0.3) is 0 Å². The van der Waals surface area contributed by atoms with Crippen molar-refractivity contribution >= 4 is 13.9 Å². The summed E-state index contributed by atoms with van der Waals surface area (Å²) < 4.78 is 4.57. The third-order valence-electron chi connectivity index (χ3n) is 1.89. The number of piperidine rings is 1. The van der Waals surface area contributed by atoms with Gasteiger partial charge in [0.1, 0.15) is 0 Å². The van der Waals surface area contributed by atoms with Crippen LogP contribution in [0, 0.1) is 0 Å². The van der Waals surface area contributed by atoms with Crippen molar-refractivity contribution in [1.82, 2.24) is 4.90 Å². The first-order valence-corrected chi connectivity index (χ1v) is 4.82. The summed E-state index contributed by atoms with van der Waals surface area (Å²) in [4.78, 5) is 12.6. The van der Waals surface area contributed by atoms with Crippen molar-refractivity contribution in [1.29, 1.82) is 0 Å². The summed E-state index contributed by atoms with van der Waals surface area (Å²) in [6, 6.07) is 0. The lowest BCUT2D eigenvalue weighted by atomic mass is 9.81. The summed E-state index contributed by atoms with van der Waals surface area (Å²) >= 11 is 0. The lowest BCUT2D eigenvalue weighted by molar-refractivity contribution is 0.115. The van der Waals surface area contributed by atoms with Crippen molar-refractivity contribution in [3.63, 3.8) is 0 Å². The predicted octanol–water partition coefficient (Wildman–Crippen LogP) is 1.83. The van der Waals surface area contributed by atoms with Crippen molar-refractivity contribution in [2.24, 2.45) is 0 Å². The monoisotopic (exact) mass is 183 g/mol. The molecule has 1 saturated heterocycles. The van der Waals surface area contributed by atoms with E-state index in [1.54, 1.807) is 4.90 Å². The third-order valence-corrected chi connectivity index (χ3v) is 1.89. The van der Waals surface area contributed by atoms with Crippen LogP contribution in [0.2, 0.25) is 5.82 Å². The number of ether oxygens (including phenoxy) is 1. The highest BCUT2D eigenvalue weighted by Crippen LogP contribution is 2.18. The van der Waals surface area contributed by atoms with Crippen LogP contribution in [0.3, 0.4) is 0 Å². The highest BCUT2D eigenvalue weighted by Gasteiger charge is 2.20. The van der Waals surface area contributed by atoms with E-state index in [9.17, 15) is 4.79 Å². The third kappa shape index (κ3) is 4.20. The standard InChI is InChI=1S/C7H12BNO2.C2H6/c1-11-7(10)9-4-2-3-6(8)5-9;1-2/h6H,2-5H2,1H3;1-2H3. The molecule has 0 aromatic rings. The highest BCUT2D eigenvalue weighted by molar-refractivity contribution is 6.11. The maximum Gasteiger partial charge on any atom is 0.409 e. The molecule has 3 nitrogen and oxygen atoms in total. The molecule has 0 spiro atoms. The van der Waals surface area contributed by atoms with Crippen molar-refractivity contribution in [2.45, 2.75) is 32.5 Å². The first kappa shape index (κ1) is 12.3. The van der Waals surface area contributed by atoms with Crippen LogP contribution in [0.5, 0.6) is 0 Å². The molecule has 1 amide bonds. The second kappa shape index (κ2) is 6.81. The molecule has 1 rings (SSSR count). The second-order valence-electron chi connectivity index (χ2n) is 2.82. The van der Waals surface area contributed by atoms with Crippen LogP contribution in [0.15, 0.2) is 0 Å². The van der Waals surface area contributed by atoms with Gasteiger partial charge < -0.3 is 9.64 Å². The number of hydrogen-bond donors (Lipinski definition) is 0. The fourth-order valence-electron chi connectivity index (χ4n) is 1.30. The minimum absolute atomic E-state index is 0.128. The zero-order valence-electron chi connectivity index (χ0n) is 8.75. The van der Waals surface area contributed by atoms with Gasteiger partial charge in [-0.15, -0.1) is 0 Å². The normalized spacial score (nSPS) is 21.5. The SMILES string of the molecule is CC.[B]C1CCCN(C(=O)OC)C1. The quantitative estimate of drug-likeness (QED) is 0.536. The molecule has 0 aromatic carbocycles. The number of likely N-dealkylation sites (tertiary alicyclic amines) is 1. The maximum atomic E-state index is 11.0. The molecule has 1 heterocycles. The van der Waals surface area contributed by atoms with Crippen LogP contribution in [0.25, 0.3) is 0 Å². The molecule has 1 atom stereocenters. The van der Waals surface area contributed by atoms with Crippen molar-refractivity contribution in [2.75, 3.05) is 20.2 Å². The van der Waals surface area contributed by atoms with Gasteiger partial charge in [-0.2, -0.15) is 0 Å². The molecule has 1 unspecified atom stereocenters. The second-order valence-corrected chi connectivity index (χ2v) is 2.82. The van der Waals surface area contributed by atoms with Crippen LogP contribution in [-0.2, 0) is 4.74 Å². The molecule has 0 saturated carbocycles. The molecule has 1 fully saturated rings. The first-order chi connectivity index (χ1) is 6.24. The van der Waals surface area contributed by atoms with Gasteiger partial charge in [-0.1, -0.05) is 26.1 Å². The van der Waals surface area contributed by atoms with Gasteiger partial charge in [0, 0.05) is 13.1 Å². The molecule has 1 aliphatic rings. The minimum atomic E-state index is -0.264. The lowest BCUT2D eigenvalue weighted by Crippen LogP contribution is -2.37. The summed E-state index contributed by atoms with van der Waals surface area (Å²) in [5.74, 6) is 0.128. The van der Waals surface area contributed by atoms with Gasteiger partial charge in [-0.3, -0.25) is 0 Å². The summed E-state index contributed by atoms with van der Waals surface area (Å²) in [5.41, 5.74) is 0. The smallest absolute Gasteiger partial charge is 0.409 e. The van der Waals surface area contributed by atoms with E-state index in [4.69, 9.17) is 7.85 Å². The molecule has 4 heteroatoms. The summed E-state index contributed by atoms with van der Waals surface area (Å²) in [6.45, 7) is 5.41. The van der Waals surface area contributed by atoms with Gasteiger partial charge in [0.2, 0.25) is 0 Å². The maximum absolute atomic E-state index is 11.0. The van der Waals surface area contributed by atoms with Crippen LogP contribution in [0.4, 0.5) is 4.79 Å². The molecule has 1 aliphatic heterocycles. The number of carbonyl (C=O) groups is 1. The highest BCUT2D eigenvalue weighted by atomic mass is 16.5. The molecular formula is C9H18BNO2. The molecule has 0 bridgehead atoms. The minimum Gasteiger partial charge on any atom is -0.453 e. The predicted molar refractivity (Wildman–Crippen MR) is 54.1 cm³/mol.